The number of halogens is 1. The number of methoxy groups -OCH3 is 2. The Balaban J connectivity index is 0.000000419. The summed E-state index contributed by atoms with van der Waals surface area (Å²) in [4.78, 5) is 81.6. The Kier molecular flexibility index (Phi) is 25.7. The first-order valence-corrected chi connectivity index (χ1v) is 24.5. The number of nitrogens with two attached hydrogens (primary N) is 1. The highest BCUT2D eigenvalue weighted by atomic mass is 35.5. The highest BCUT2D eigenvalue weighted by molar-refractivity contribution is 5.85. The molecule has 2 aromatic carbocycles. The van der Waals surface area contributed by atoms with Crippen molar-refractivity contribution in [1.29, 1.82) is 0 Å². The lowest BCUT2D eigenvalue weighted by Crippen LogP contribution is -2.42. The van der Waals surface area contributed by atoms with Crippen molar-refractivity contribution in [2.45, 2.75) is 127 Å². The summed E-state index contributed by atoms with van der Waals surface area (Å²) in [5, 5.41) is 12.2. The summed E-state index contributed by atoms with van der Waals surface area (Å²) in [6, 6.07) is 20.2. The van der Waals surface area contributed by atoms with Crippen LogP contribution >= 0.6 is 12.4 Å². The van der Waals surface area contributed by atoms with Crippen molar-refractivity contribution < 1.29 is 33.8 Å². The van der Waals surface area contributed by atoms with Gasteiger partial charge in [-0.15, -0.1) is 12.4 Å². The smallest absolute Gasteiger partial charge is 0.327 e. The fourth-order valence-corrected chi connectivity index (χ4v) is 8.64. The number of hydrogen-bond donors (Lipinski definition) is 3. The van der Waals surface area contributed by atoms with Crippen LogP contribution in [0.4, 0.5) is 0 Å². The number of aryl methyl sites for hydroxylation is 6. The number of hydrogen-bond acceptors (Lipinski definition) is 11. The summed E-state index contributed by atoms with van der Waals surface area (Å²) < 4.78 is 12.3. The largest absolute Gasteiger partial charge is 0.480 e. The van der Waals surface area contributed by atoms with Crippen LogP contribution in [0.3, 0.4) is 0 Å². The van der Waals surface area contributed by atoms with Crippen LogP contribution in [0.1, 0.15) is 129 Å². The van der Waals surface area contributed by atoms with Crippen LogP contribution in [0.15, 0.2) is 120 Å². The van der Waals surface area contributed by atoms with E-state index in [0.717, 1.165) is 56.5 Å². The van der Waals surface area contributed by atoms with Crippen molar-refractivity contribution in [2.75, 3.05) is 14.2 Å². The van der Waals surface area contributed by atoms with Crippen LogP contribution in [-0.2, 0) is 28.7 Å². The van der Waals surface area contributed by atoms with Gasteiger partial charge in [-0.2, -0.15) is 0 Å². The average Bonchev–Trinajstić information content (AvgIpc) is 3.35. The first kappa shape index (κ1) is 63.9. The molecule has 0 aliphatic rings. The molecule has 0 saturated carbocycles. The molecule has 0 bridgehead atoms. The molecule has 404 valence electrons. The van der Waals surface area contributed by atoms with E-state index < -0.39 is 36.1 Å². The minimum Gasteiger partial charge on any atom is -0.480 e. The molecule has 16 heteroatoms. The van der Waals surface area contributed by atoms with E-state index in [0.29, 0.717) is 12.0 Å². The monoisotopic (exact) mass is 1050 g/mol. The number of benzene rings is 2. The van der Waals surface area contributed by atoms with Crippen LogP contribution < -0.4 is 22.2 Å². The number of carboxylic acids is 1. The third-order valence-electron chi connectivity index (χ3n) is 13.1. The summed E-state index contributed by atoms with van der Waals surface area (Å²) in [7, 11) is 2.68. The van der Waals surface area contributed by atoms with Gasteiger partial charge >= 0.3 is 17.9 Å². The van der Waals surface area contributed by atoms with E-state index in [2.05, 4.69) is 46.0 Å². The summed E-state index contributed by atoms with van der Waals surface area (Å²) in [5.41, 5.74) is 17.5. The maximum atomic E-state index is 13.7. The van der Waals surface area contributed by atoms with Crippen LogP contribution in [0.2, 0.25) is 0 Å². The fourth-order valence-electron chi connectivity index (χ4n) is 8.64. The van der Waals surface area contributed by atoms with Gasteiger partial charge in [0.1, 0.15) is 12.1 Å². The van der Waals surface area contributed by atoms with E-state index in [4.69, 9.17) is 15.6 Å². The Hall–Kier alpha value is -7.23. The van der Waals surface area contributed by atoms with E-state index in [-0.39, 0.29) is 67.5 Å². The van der Waals surface area contributed by atoms with E-state index >= 15 is 0 Å². The van der Waals surface area contributed by atoms with E-state index in [9.17, 15) is 28.8 Å². The number of ether oxygens (including phenoxy) is 2. The van der Waals surface area contributed by atoms with Gasteiger partial charge in [-0.1, -0.05) is 84.4 Å². The Morgan fingerprint density at radius 1 is 0.627 bits per heavy atom. The van der Waals surface area contributed by atoms with Crippen molar-refractivity contribution in [1.82, 2.24) is 24.4 Å². The van der Waals surface area contributed by atoms with Crippen molar-refractivity contribution in [3.63, 3.8) is 0 Å². The molecule has 0 radical (unpaired) electrons. The molecular weight excluding hydrogens is 972 g/mol. The first-order valence-electron chi connectivity index (χ1n) is 24.5. The number of carbonyl (C=O) groups excluding carboxylic acids is 3. The van der Waals surface area contributed by atoms with Crippen molar-refractivity contribution in [3.05, 3.63) is 175 Å². The molecule has 0 fully saturated rings. The zero-order valence-electron chi connectivity index (χ0n) is 44.7. The Morgan fingerprint density at radius 2 is 1.03 bits per heavy atom. The van der Waals surface area contributed by atoms with Crippen LogP contribution in [0, 0.1) is 53.4 Å². The molecule has 1 amide bonds. The standard InChI is InChI=1S/C29H35N3O4.C17H20N2O2.C12H17NO3.CH4.ClH/c1-7-19(3)28(32-12-11-18(2)13-25(32)33)29(35)31-24(15-26(34)36-6)22-14-23(17-30-16-22)27-20(4)9-8-10-21(27)5;1-11-5-4-6-12(2)17(11)14-7-13(9-19-10-14)15(18)8-16(20)21-3;1-4-9(3)11(12(15)16)13-6-5-8(2)7-10(13)14;;/h8-14,16-17,19,24,28H,7,15H2,1-6H3,(H,31,35);4-7,9-10,15H,8,18H2,1-3H3;5-7,9,11H,4H2,1-3H3,(H,15,16);1H4;1H/t19-,24+,28?;15-;9-,11+;;/m101../s1. The summed E-state index contributed by atoms with van der Waals surface area (Å²) in [6.45, 7) is 19.6. The average molecular weight is 1050 g/mol. The number of nitrogens with zero attached hydrogens (tertiary/aromatic N) is 4. The van der Waals surface area contributed by atoms with E-state index in [1.165, 1.54) is 46.6 Å². The lowest BCUT2D eigenvalue weighted by molar-refractivity contribution is -0.143. The van der Waals surface area contributed by atoms with Gasteiger partial charge in [-0.05, 0) is 133 Å². The van der Waals surface area contributed by atoms with Crippen LogP contribution in [0.25, 0.3) is 22.3 Å². The lowest BCUT2D eigenvalue weighted by atomic mass is 9.94. The summed E-state index contributed by atoms with van der Waals surface area (Å²) >= 11 is 0. The Morgan fingerprint density at radius 3 is 1.44 bits per heavy atom. The Bertz CT molecular complexity index is 2950. The fraction of sp³-hybridized carbons (Fsp3) is 0.390. The second-order valence-electron chi connectivity index (χ2n) is 18.7. The summed E-state index contributed by atoms with van der Waals surface area (Å²) in [6.07, 6.45) is 11.7. The molecule has 6 rings (SSSR count). The number of aromatic nitrogens is 4. The number of nitrogens with one attached hydrogen (secondary N) is 1. The highest BCUT2D eigenvalue weighted by Crippen LogP contribution is 2.31. The van der Waals surface area contributed by atoms with Gasteiger partial charge in [0.05, 0.1) is 33.1 Å². The SMILES string of the molecule is C.CC[C@@H](C)C(C(=O)N[C@@H](CC(=O)OC)c1cncc(-c2c(C)cccc2C)c1)n1ccc(C)cc1=O.CC[C@@H](C)[C@@H](C(=O)O)n1ccc(C)cc1=O.COC(=O)C[C@H](N)c1cncc(-c2c(C)cccc2C)c1.Cl. The zero-order valence-corrected chi connectivity index (χ0v) is 45.5. The topological polar surface area (TPSA) is 215 Å². The molecule has 0 saturated heterocycles. The normalized spacial score (nSPS) is 12.9. The molecule has 1 unspecified atom stereocenters. The lowest BCUT2D eigenvalue weighted by Gasteiger charge is -2.27. The molecule has 6 atom stereocenters. The van der Waals surface area contributed by atoms with Gasteiger partial charge in [-0.25, -0.2) is 4.79 Å². The van der Waals surface area contributed by atoms with Gasteiger partial charge in [-0.3, -0.25) is 33.9 Å². The molecule has 0 aliphatic carbocycles. The molecule has 75 heavy (non-hydrogen) atoms. The molecule has 0 aliphatic heterocycles. The van der Waals surface area contributed by atoms with Crippen LogP contribution in [-0.4, -0.2) is 62.2 Å². The minimum absolute atomic E-state index is 0. The van der Waals surface area contributed by atoms with Gasteiger partial charge in [0, 0.05) is 66.5 Å². The number of carboxylic acid groups (broad SMARTS) is 1. The molecule has 15 nitrogen and oxygen atoms in total. The molecule has 4 heterocycles. The quantitative estimate of drug-likeness (QED) is 0.0728. The van der Waals surface area contributed by atoms with Gasteiger partial charge in [0.15, 0.2) is 0 Å². The molecular formula is C59H77ClN6O9. The number of pyridine rings is 4. The maximum Gasteiger partial charge on any atom is 0.327 e. The van der Waals surface area contributed by atoms with Crippen molar-refractivity contribution in [2.24, 2.45) is 17.6 Å². The summed E-state index contributed by atoms with van der Waals surface area (Å²) in [5.74, 6) is -2.24. The second kappa shape index (κ2) is 30.2. The third-order valence-corrected chi connectivity index (χ3v) is 13.1. The highest BCUT2D eigenvalue weighted by Gasteiger charge is 2.30. The van der Waals surface area contributed by atoms with Crippen LogP contribution in [0.5, 0.6) is 0 Å². The predicted octanol–water partition coefficient (Wildman–Crippen LogP) is 10.7. The molecule has 0 spiro atoms. The predicted molar refractivity (Wildman–Crippen MR) is 299 cm³/mol. The number of carbonyl (C=O) groups is 4. The van der Waals surface area contributed by atoms with Gasteiger partial charge in [0.2, 0.25) is 5.91 Å². The number of aliphatic carboxylic acids is 1. The third kappa shape index (κ3) is 17.4. The Labute approximate surface area is 448 Å². The number of esters is 2. The minimum atomic E-state index is -0.958. The van der Waals surface area contributed by atoms with Gasteiger partial charge < -0.3 is 34.8 Å². The van der Waals surface area contributed by atoms with Crippen molar-refractivity contribution in [3.8, 4) is 22.3 Å². The van der Waals surface area contributed by atoms with E-state index in [1.54, 1.807) is 37.1 Å². The number of rotatable bonds is 17. The molecule has 4 aromatic heterocycles. The zero-order chi connectivity index (χ0) is 54.1. The second-order valence-corrected chi connectivity index (χ2v) is 18.7. The van der Waals surface area contributed by atoms with E-state index in [1.807, 2.05) is 104 Å². The van der Waals surface area contributed by atoms with Gasteiger partial charge in [0.25, 0.3) is 11.1 Å². The van der Waals surface area contributed by atoms with Crippen molar-refractivity contribution >= 4 is 36.2 Å². The number of amides is 1. The maximum absolute atomic E-state index is 13.7. The molecule has 6 aromatic rings. The first-order chi connectivity index (χ1) is 34.6. The molecule has 4 N–H and O–H groups in total.